The Morgan fingerprint density at radius 1 is 1.22 bits per heavy atom. The zero-order valence-electron chi connectivity index (χ0n) is 14.8. The molecular formula is C18H20F4N2O2S. The van der Waals surface area contributed by atoms with Crippen LogP contribution < -0.4 is 0 Å². The van der Waals surface area contributed by atoms with E-state index in [9.17, 15) is 22.4 Å². The maximum Gasteiger partial charge on any atom is 0.401 e. The number of carbonyl (C=O) groups is 1. The molecule has 9 heteroatoms. The number of rotatable bonds is 4. The molecular weight excluding hydrogens is 384 g/mol. The second-order valence-corrected chi connectivity index (χ2v) is 7.55. The summed E-state index contributed by atoms with van der Waals surface area (Å²) in [7, 11) is 1.47. The van der Waals surface area contributed by atoms with Gasteiger partial charge in [-0.1, -0.05) is 6.07 Å². The lowest BCUT2D eigenvalue weighted by Crippen LogP contribution is -2.38. The monoisotopic (exact) mass is 404 g/mol. The minimum atomic E-state index is -4.26. The van der Waals surface area contributed by atoms with Crippen LogP contribution in [0.1, 0.15) is 21.7 Å². The van der Waals surface area contributed by atoms with Gasteiger partial charge < -0.3 is 9.64 Å². The molecule has 148 valence electrons. The van der Waals surface area contributed by atoms with E-state index in [2.05, 4.69) is 0 Å². The van der Waals surface area contributed by atoms with Gasteiger partial charge in [-0.25, -0.2) is 4.39 Å². The Balaban J connectivity index is 1.83. The lowest BCUT2D eigenvalue weighted by atomic mass is 10.1. The summed E-state index contributed by atoms with van der Waals surface area (Å²) in [6.45, 7) is 0.141. The number of amides is 1. The van der Waals surface area contributed by atoms with Crippen molar-refractivity contribution in [2.45, 2.75) is 19.2 Å². The van der Waals surface area contributed by atoms with Gasteiger partial charge in [0.15, 0.2) is 0 Å². The molecule has 4 nitrogen and oxygen atoms in total. The number of alkyl halides is 3. The molecule has 0 spiro atoms. The van der Waals surface area contributed by atoms with Crippen LogP contribution >= 0.6 is 11.3 Å². The Kier molecular flexibility index (Phi) is 6.02. The van der Waals surface area contributed by atoms with Crippen molar-refractivity contribution in [2.24, 2.45) is 0 Å². The minimum absolute atomic E-state index is 0.0933. The second kappa shape index (κ2) is 8.12. The van der Waals surface area contributed by atoms with E-state index in [1.807, 2.05) is 0 Å². The fourth-order valence-corrected chi connectivity index (χ4v) is 4.54. The van der Waals surface area contributed by atoms with Crippen molar-refractivity contribution in [3.8, 4) is 0 Å². The number of halogens is 4. The van der Waals surface area contributed by atoms with E-state index in [1.165, 1.54) is 29.4 Å². The van der Waals surface area contributed by atoms with Crippen LogP contribution in [0.2, 0.25) is 0 Å². The fraction of sp³-hybridized carbons (Fsp3) is 0.500. The molecule has 2 aromatic rings. The Labute approximate surface area is 158 Å². The number of hydrogen-bond acceptors (Lipinski definition) is 4. The van der Waals surface area contributed by atoms with Crippen molar-refractivity contribution in [1.29, 1.82) is 0 Å². The summed E-state index contributed by atoms with van der Waals surface area (Å²) < 4.78 is 57.9. The van der Waals surface area contributed by atoms with E-state index in [0.29, 0.717) is 33.5 Å². The second-order valence-electron chi connectivity index (χ2n) is 6.49. The summed E-state index contributed by atoms with van der Waals surface area (Å²) in [5.41, 5.74) is 0.497. The largest absolute Gasteiger partial charge is 0.401 e. The van der Waals surface area contributed by atoms with E-state index < -0.39 is 18.5 Å². The Hall–Kier alpha value is -1.71. The standard InChI is InChI=1S/C18H20F4N2O2S/c1-26-10-12-15-13(19)4-2-5-14(15)27-16(12)17(25)24-7-3-6-23(8-9-24)11-18(20,21)22/h2,4-5H,3,6-11H2,1H3. The number of benzene rings is 1. The molecule has 2 heterocycles. The Morgan fingerprint density at radius 2 is 2.00 bits per heavy atom. The van der Waals surface area contributed by atoms with E-state index in [0.717, 1.165) is 0 Å². The van der Waals surface area contributed by atoms with Gasteiger partial charge in [0.25, 0.3) is 5.91 Å². The van der Waals surface area contributed by atoms with Crippen LogP contribution in [0.15, 0.2) is 18.2 Å². The molecule has 1 aliphatic heterocycles. The first-order chi connectivity index (χ1) is 12.8. The first-order valence-corrected chi connectivity index (χ1v) is 9.39. The molecule has 1 aromatic carbocycles. The van der Waals surface area contributed by atoms with Crippen LogP contribution in [0.5, 0.6) is 0 Å². The number of fused-ring (bicyclic) bond motifs is 1. The van der Waals surface area contributed by atoms with Crippen molar-refractivity contribution in [2.75, 3.05) is 39.8 Å². The molecule has 0 atom stereocenters. The molecule has 0 radical (unpaired) electrons. The summed E-state index contributed by atoms with van der Waals surface area (Å²) in [6, 6.07) is 4.66. The number of carbonyl (C=O) groups excluding carboxylic acids is 1. The highest BCUT2D eigenvalue weighted by molar-refractivity contribution is 7.21. The first kappa shape index (κ1) is 20.0. The molecule has 0 unspecified atom stereocenters. The molecule has 0 saturated carbocycles. The molecule has 1 saturated heterocycles. The topological polar surface area (TPSA) is 32.8 Å². The molecule has 1 fully saturated rings. The maximum absolute atomic E-state index is 14.3. The van der Waals surface area contributed by atoms with Gasteiger partial charge in [-0.2, -0.15) is 13.2 Å². The average molecular weight is 404 g/mol. The summed E-state index contributed by atoms with van der Waals surface area (Å²) in [6.07, 6.45) is -3.80. The third-order valence-corrected chi connectivity index (χ3v) is 5.71. The van der Waals surface area contributed by atoms with Gasteiger partial charge in [0.2, 0.25) is 0 Å². The van der Waals surface area contributed by atoms with E-state index in [4.69, 9.17) is 4.74 Å². The van der Waals surface area contributed by atoms with E-state index >= 15 is 0 Å². The highest BCUT2D eigenvalue weighted by Crippen LogP contribution is 2.34. The predicted octanol–water partition coefficient (Wildman–Crippen LogP) is 3.90. The smallest absolute Gasteiger partial charge is 0.380 e. The van der Waals surface area contributed by atoms with Crippen molar-refractivity contribution in [3.05, 3.63) is 34.5 Å². The molecule has 1 aliphatic rings. The van der Waals surface area contributed by atoms with Gasteiger partial charge in [-0.3, -0.25) is 9.69 Å². The predicted molar refractivity (Wildman–Crippen MR) is 95.5 cm³/mol. The van der Waals surface area contributed by atoms with Gasteiger partial charge >= 0.3 is 6.18 Å². The molecule has 3 rings (SSSR count). The Bertz CT molecular complexity index is 822. The maximum atomic E-state index is 14.3. The van der Waals surface area contributed by atoms with Crippen LogP contribution in [0.25, 0.3) is 10.1 Å². The number of thiophene rings is 1. The van der Waals surface area contributed by atoms with E-state index in [1.54, 1.807) is 17.0 Å². The number of nitrogens with zero attached hydrogens (tertiary/aromatic N) is 2. The summed E-state index contributed by atoms with van der Waals surface area (Å²) >= 11 is 1.19. The van der Waals surface area contributed by atoms with Gasteiger partial charge in [-0.05, 0) is 18.6 Å². The van der Waals surface area contributed by atoms with Crippen molar-refractivity contribution >= 4 is 27.3 Å². The zero-order valence-corrected chi connectivity index (χ0v) is 15.6. The van der Waals surface area contributed by atoms with Gasteiger partial charge in [0.1, 0.15) is 5.82 Å². The third-order valence-electron chi connectivity index (χ3n) is 4.52. The minimum Gasteiger partial charge on any atom is -0.380 e. The molecule has 27 heavy (non-hydrogen) atoms. The zero-order chi connectivity index (χ0) is 19.6. The molecule has 1 amide bonds. The summed E-state index contributed by atoms with van der Waals surface area (Å²) in [5, 5.41) is 0.376. The van der Waals surface area contributed by atoms with Crippen molar-refractivity contribution in [3.63, 3.8) is 0 Å². The summed E-state index contributed by atoms with van der Waals surface area (Å²) in [4.78, 5) is 16.3. The van der Waals surface area contributed by atoms with Gasteiger partial charge in [-0.15, -0.1) is 11.3 Å². The molecule has 0 aliphatic carbocycles. The Morgan fingerprint density at radius 3 is 2.70 bits per heavy atom. The van der Waals surface area contributed by atoms with Crippen LogP contribution in [0.4, 0.5) is 17.6 Å². The molecule has 1 aromatic heterocycles. The fourth-order valence-electron chi connectivity index (χ4n) is 3.35. The molecule has 0 bridgehead atoms. The SMILES string of the molecule is COCc1c(C(=O)N2CCCN(CC(F)(F)F)CC2)sc2cccc(F)c12. The highest BCUT2D eigenvalue weighted by Gasteiger charge is 2.32. The quantitative estimate of drug-likeness (QED) is 0.725. The highest BCUT2D eigenvalue weighted by atomic mass is 32.1. The normalized spacial score (nSPS) is 16.7. The van der Waals surface area contributed by atoms with Crippen LogP contribution in [-0.2, 0) is 11.3 Å². The lowest BCUT2D eigenvalue weighted by Gasteiger charge is -2.22. The van der Waals surface area contributed by atoms with Crippen molar-refractivity contribution < 1.29 is 27.1 Å². The third kappa shape index (κ3) is 4.59. The van der Waals surface area contributed by atoms with Crippen LogP contribution in [-0.4, -0.2) is 61.7 Å². The van der Waals surface area contributed by atoms with Crippen LogP contribution in [0, 0.1) is 5.82 Å². The lowest BCUT2D eigenvalue weighted by molar-refractivity contribution is -0.145. The van der Waals surface area contributed by atoms with Crippen LogP contribution in [0.3, 0.4) is 0 Å². The average Bonchev–Trinajstić information content (AvgIpc) is 2.80. The first-order valence-electron chi connectivity index (χ1n) is 8.57. The summed E-state index contributed by atoms with van der Waals surface area (Å²) in [5.74, 6) is -0.696. The number of hydrogen-bond donors (Lipinski definition) is 0. The van der Waals surface area contributed by atoms with Crippen molar-refractivity contribution in [1.82, 2.24) is 9.80 Å². The number of methoxy groups -OCH3 is 1. The van der Waals surface area contributed by atoms with E-state index in [-0.39, 0.29) is 32.1 Å². The number of ether oxygens (including phenoxy) is 1. The van der Waals surface area contributed by atoms with Gasteiger partial charge in [0.05, 0.1) is 18.0 Å². The van der Waals surface area contributed by atoms with Gasteiger partial charge in [0, 0.05) is 48.9 Å². The molecule has 0 N–H and O–H groups in total.